The van der Waals surface area contributed by atoms with Gasteiger partial charge in [0.15, 0.2) is 0 Å². The molecule has 1 heterocycles. The van der Waals surface area contributed by atoms with Crippen LogP contribution in [0, 0.1) is 0 Å². The summed E-state index contributed by atoms with van der Waals surface area (Å²) < 4.78 is 5.51. The summed E-state index contributed by atoms with van der Waals surface area (Å²) in [6.45, 7) is 3.85. The summed E-state index contributed by atoms with van der Waals surface area (Å²) in [5, 5.41) is 0.463. The van der Waals surface area contributed by atoms with Crippen molar-refractivity contribution < 1.29 is 4.74 Å². The number of halogens is 1. The molecule has 0 unspecified atom stereocenters. The molecule has 0 fully saturated rings. The smallest absolute Gasteiger partial charge is 0.145 e. The first-order valence-corrected chi connectivity index (χ1v) is 4.72. The van der Waals surface area contributed by atoms with Gasteiger partial charge in [-0.05, 0) is 38.1 Å². The van der Waals surface area contributed by atoms with Gasteiger partial charge in [-0.25, -0.2) is 4.98 Å². The van der Waals surface area contributed by atoms with Crippen LogP contribution in [-0.4, -0.2) is 4.98 Å². The molecule has 0 radical (unpaired) electrons. The van der Waals surface area contributed by atoms with Crippen LogP contribution in [0.5, 0.6) is 5.75 Å². The fourth-order valence-corrected chi connectivity index (χ4v) is 1.02. The Bertz CT molecular complexity index is 341. The molecule has 2 nitrogen and oxygen atoms in total. The van der Waals surface area contributed by atoms with Crippen molar-refractivity contribution in [2.75, 3.05) is 0 Å². The minimum atomic E-state index is 0.463. The molecule has 1 aromatic rings. The summed E-state index contributed by atoms with van der Waals surface area (Å²) >= 11 is 5.65. The van der Waals surface area contributed by atoms with Gasteiger partial charge in [0.1, 0.15) is 16.7 Å². The van der Waals surface area contributed by atoms with E-state index >= 15 is 0 Å². The van der Waals surface area contributed by atoms with E-state index in [2.05, 4.69) is 4.98 Å². The van der Waals surface area contributed by atoms with E-state index in [0.717, 1.165) is 5.76 Å². The largest absolute Gasteiger partial charge is 0.456 e. The SMILES string of the molecule is C/C=C\C(=C/C)Oc1ccc(Cl)nc1. The second kappa shape index (κ2) is 5.45. The third-order valence-corrected chi connectivity index (χ3v) is 1.77. The predicted molar refractivity (Wildman–Crippen MR) is 58.4 cm³/mol. The van der Waals surface area contributed by atoms with Crippen LogP contribution < -0.4 is 4.74 Å². The van der Waals surface area contributed by atoms with E-state index in [9.17, 15) is 0 Å². The lowest BCUT2D eigenvalue weighted by Gasteiger charge is -2.04. The fourth-order valence-electron chi connectivity index (χ4n) is 0.912. The lowest BCUT2D eigenvalue weighted by Crippen LogP contribution is -1.91. The fraction of sp³-hybridized carbons (Fsp3) is 0.182. The minimum absolute atomic E-state index is 0.463. The van der Waals surface area contributed by atoms with Gasteiger partial charge in [0.2, 0.25) is 0 Å². The number of aromatic nitrogens is 1. The second-order valence-corrected chi connectivity index (χ2v) is 3.00. The zero-order valence-corrected chi connectivity index (χ0v) is 8.95. The Labute approximate surface area is 88.9 Å². The number of ether oxygens (including phenoxy) is 1. The molecular weight excluding hydrogens is 198 g/mol. The zero-order valence-electron chi connectivity index (χ0n) is 8.20. The molecule has 0 aliphatic carbocycles. The Morgan fingerprint density at radius 2 is 2.21 bits per heavy atom. The highest BCUT2D eigenvalue weighted by molar-refractivity contribution is 6.29. The molecule has 1 aromatic heterocycles. The Hall–Kier alpha value is -1.28. The van der Waals surface area contributed by atoms with Crippen LogP contribution in [0.1, 0.15) is 13.8 Å². The van der Waals surface area contributed by atoms with Crippen molar-refractivity contribution in [3.8, 4) is 5.75 Å². The Morgan fingerprint density at radius 1 is 1.43 bits per heavy atom. The van der Waals surface area contributed by atoms with E-state index in [1.54, 1.807) is 18.3 Å². The summed E-state index contributed by atoms with van der Waals surface area (Å²) in [6, 6.07) is 3.47. The first-order chi connectivity index (χ1) is 6.76. The van der Waals surface area contributed by atoms with Crippen LogP contribution in [0.25, 0.3) is 0 Å². The molecule has 0 saturated heterocycles. The number of nitrogens with zero attached hydrogens (tertiary/aromatic N) is 1. The Balaban J connectivity index is 2.73. The van der Waals surface area contributed by atoms with E-state index in [1.165, 1.54) is 0 Å². The van der Waals surface area contributed by atoms with Gasteiger partial charge >= 0.3 is 0 Å². The quantitative estimate of drug-likeness (QED) is 0.431. The van der Waals surface area contributed by atoms with E-state index < -0.39 is 0 Å². The van der Waals surface area contributed by atoms with E-state index in [0.29, 0.717) is 10.9 Å². The lowest BCUT2D eigenvalue weighted by atomic mass is 10.4. The van der Waals surface area contributed by atoms with E-state index in [-0.39, 0.29) is 0 Å². The van der Waals surface area contributed by atoms with Gasteiger partial charge in [-0.15, -0.1) is 0 Å². The summed E-state index contributed by atoms with van der Waals surface area (Å²) in [7, 11) is 0. The molecule has 1 rings (SSSR count). The minimum Gasteiger partial charge on any atom is -0.456 e. The Kier molecular flexibility index (Phi) is 4.20. The predicted octanol–water partition coefficient (Wildman–Crippen LogP) is 3.59. The number of rotatable bonds is 3. The number of hydrogen-bond acceptors (Lipinski definition) is 2. The van der Waals surface area contributed by atoms with Gasteiger partial charge in [-0.1, -0.05) is 17.7 Å². The molecule has 0 aliphatic rings. The molecule has 0 aliphatic heterocycles. The topological polar surface area (TPSA) is 22.1 Å². The second-order valence-electron chi connectivity index (χ2n) is 2.61. The van der Waals surface area contributed by atoms with Crippen LogP contribution >= 0.6 is 11.6 Å². The molecule has 0 spiro atoms. The van der Waals surface area contributed by atoms with Gasteiger partial charge in [0, 0.05) is 0 Å². The maximum Gasteiger partial charge on any atom is 0.145 e. The number of pyridine rings is 1. The van der Waals surface area contributed by atoms with Crippen LogP contribution in [0.4, 0.5) is 0 Å². The zero-order chi connectivity index (χ0) is 10.4. The van der Waals surface area contributed by atoms with Crippen molar-refractivity contribution in [1.29, 1.82) is 0 Å². The van der Waals surface area contributed by atoms with Crippen molar-refractivity contribution in [1.82, 2.24) is 4.98 Å². The third kappa shape index (κ3) is 3.23. The highest BCUT2D eigenvalue weighted by Gasteiger charge is 1.96. The third-order valence-electron chi connectivity index (χ3n) is 1.55. The first-order valence-electron chi connectivity index (χ1n) is 4.34. The van der Waals surface area contributed by atoms with E-state index in [1.807, 2.05) is 32.1 Å². The van der Waals surface area contributed by atoms with Crippen LogP contribution in [-0.2, 0) is 0 Å². The molecule has 0 saturated carbocycles. The molecule has 74 valence electrons. The maximum atomic E-state index is 5.65. The maximum absolute atomic E-state index is 5.65. The number of hydrogen-bond donors (Lipinski definition) is 0. The van der Waals surface area contributed by atoms with Crippen molar-refractivity contribution in [3.63, 3.8) is 0 Å². The van der Waals surface area contributed by atoms with Crippen molar-refractivity contribution in [3.05, 3.63) is 47.5 Å². The van der Waals surface area contributed by atoms with Crippen molar-refractivity contribution in [2.24, 2.45) is 0 Å². The van der Waals surface area contributed by atoms with Crippen molar-refractivity contribution >= 4 is 11.6 Å². The van der Waals surface area contributed by atoms with Gasteiger partial charge in [-0.3, -0.25) is 0 Å². The van der Waals surface area contributed by atoms with Crippen LogP contribution in [0.15, 0.2) is 42.3 Å². The molecule has 0 N–H and O–H groups in total. The molecule has 0 amide bonds. The summed E-state index contributed by atoms with van der Waals surface area (Å²) in [5.74, 6) is 1.47. The molecule has 14 heavy (non-hydrogen) atoms. The number of allylic oxidation sites excluding steroid dienone is 3. The molecule has 0 aromatic carbocycles. The summed E-state index contributed by atoms with van der Waals surface area (Å²) in [5.41, 5.74) is 0. The highest BCUT2D eigenvalue weighted by Crippen LogP contribution is 2.15. The molecule has 0 atom stereocenters. The first kappa shape index (κ1) is 10.8. The van der Waals surface area contributed by atoms with Gasteiger partial charge < -0.3 is 4.74 Å². The molecular formula is C11H12ClNO. The average molecular weight is 210 g/mol. The Morgan fingerprint density at radius 3 is 2.71 bits per heavy atom. The lowest BCUT2D eigenvalue weighted by molar-refractivity contribution is 0.441. The molecule has 0 bridgehead atoms. The van der Waals surface area contributed by atoms with E-state index in [4.69, 9.17) is 16.3 Å². The summed E-state index contributed by atoms with van der Waals surface area (Å²) in [4.78, 5) is 3.92. The van der Waals surface area contributed by atoms with Gasteiger partial charge in [-0.2, -0.15) is 0 Å². The monoisotopic (exact) mass is 209 g/mol. The van der Waals surface area contributed by atoms with Gasteiger partial charge in [0.05, 0.1) is 6.20 Å². The van der Waals surface area contributed by atoms with Crippen LogP contribution in [0.2, 0.25) is 5.15 Å². The van der Waals surface area contributed by atoms with Crippen molar-refractivity contribution in [2.45, 2.75) is 13.8 Å². The standard InChI is InChI=1S/C11H12ClNO/c1-3-5-9(4-2)14-10-6-7-11(12)13-8-10/h3-8H,1-2H3/b5-3-,9-4+. The summed E-state index contributed by atoms with van der Waals surface area (Å²) in [6.07, 6.45) is 7.28. The van der Waals surface area contributed by atoms with Crippen LogP contribution in [0.3, 0.4) is 0 Å². The average Bonchev–Trinajstić information content (AvgIpc) is 2.20. The molecule has 3 heteroatoms. The highest BCUT2D eigenvalue weighted by atomic mass is 35.5. The van der Waals surface area contributed by atoms with Gasteiger partial charge in [0.25, 0.3) is 0 Å². The normalized spacial score (nSPS) is 12.1.